The van der Waals surface area contributed by atoms with E-state index in [2.05, 4.69) is 41.6 Å². The number of rotatable bonds is 6. The lowest BCUT2D eigenvalue weighted by molar-refractivity contribution is 0.173. The topological polar surface area (TPSA) is 30.3 Å². The van der Waals surface area contributed by atoms with Gasteiger partial charge in [0.15, 0.2) is 0 Å². The van der Waals surface area contributed by atoms with Gasteiger partial charge in [-0.1, -0.05) is 0 Å². The van der Waals surface area contributed by atoms with Crippen molar-refractivity contribution in [3.63, 3.8) is 0 Å². The van der Waals surface area contributed by atoms with E-state index in [-0.39, 0.29) is 0 Å². The Morgan fingerprint density at radius 2 is 2.33 bits per heavy atom. The maximum Gasteiger partial charge on any atom is 0.0596 e. The molecule has 0 bridgehead atoms. The summed E-state index contributed by atoms with van der Waals surface area (Å²) in [6.45, 7) is 9.39. The van der Waals surface area contributed by atoms with Crippen LogP contribution >= 0.6 is 0 Å². The molecule has 1 fully saturated rings. The first-order valence-corrected chi connectivity index (χ1v) is 6.92. The van der Waals surface area contributed by atoms with E-state index in [1.165, 1.54) is 12.1 Å². The van der Waals surface area contributed by atoms with Crippen molar-refractivity contribution in [1.82, 2.24) is 14.7 Å². The van der Waals surface area contributed by atoms with E-state index in [1.54, 1.807) is 0 Å². The van der Waals surface area contributed by atoms with Gasteiger partial charge in [-0.3, -0.25) is 4.68 Å². The summed E-state index contributed by atoms with van der Waals surface area (Å²) in [5, 5.41) is 4.49. The van der Waals surface area contributed by atoms with Crippen molar-refractivity contribution in [2.75, 3.05) is 33.4 Å². The highest BCUT2D eigenvalue weighted by molar-refractivity contribution is 5.06. The van der Waals surface area contributed by atoms with Crippen LogP contribution < -0.4 is 0 Å². The third kappa shape index (κ3) is 3.82. The van der Waals surface area contributed by atoms with Crippen LogP contribution in [0.1, 0.15) is 24.2 Å². The summed E-state index contributed by atoms with van der Waals surface area (Å²) in [6, 6.07) is 2.14. The molecule has 0 spiro atoms. The first kappa shape index (κ1) is 13.6. The fraction of sp³-hybridized carbons (Fsp3) is 0.786. The van der Waals surface area contributed by atoms with Crippen LogP contribution in [-0.2, 0) is 11.3 Å². The maximum atomic E-state index is 5.41. The molecule has 0 aromatic carbocycles. The number of ether oxygens (including phenoxy) is 1. The van der Waals surface area contributed by atoms with E-state index in [0.717, 1.165) is 50.9 Å². The molecule has 1 saturated heterocycles. The highest BCUT2D eigenvalue weighted by atomic mass is 16.5. The van der Waals surface area contributed by atoms with Crippen LogP contribution in [0.2, 0.25) is 0 Å². The molecule has 1 aliphatic heterocycles. The minimum atomic E-state index is 0.740. The average molecular weight is 251 g/mol. The van der Waals surface area contributed by atoms with E-state index in [0.29, 0.717) is 0 Å². The van der Waals surface area contributed by atoms with Crippen molar-refractivity contribution in [2.45, 2.75) is 33.2 Å². The van der Waals surface area contributed by atoms with Gasteiger partial charge < -0.3 is 9.64 Å². The van der Waals surface area contributed by atoms with Gasteiger partial charge in [-0.05, 0) is 52.3 Å². The van der Waals surface area contributed by atoms with Crippen LogP contribution in [0.25, 0.3) is 0 Å². The molecule has 0 radical (unpaired) electrons. The summed E-state index contributed by atoms with van der Waals surface area (Å²) < 4.78 is 7.52. The standard InChI is InChI=1S/C14H25N3O/c1-12-9-13(2)17(15-12)7-4-6-16(3)10-14-5-8-18-11-14/h9,14H,4-8,10-11H2,1-3H3/t14-/m1/s1. The molecule has 1 aromatic rings. The summed E-state index contributed by atoms with van der Waals surface area (Å²) in [6.07, 6.45) is 2.38. The Morgan fingerprint density at radius 1 is 1.50 bits per heavy atom. The predicted molar refractivity (Wildman–Crippen MR) is 72.7 cm³/mol. The smallest absolute Gasteiger partial charge is 0.0596 e. The monoisotopic (exact) mass is 251 g/mol. The second-order valence-electron chi connectivity index (χ2n) is 5.50. The van der Waals surface area contributed by atoms with Crippen molar-refractivity contribution in [1.29, 1.82) is 0 Å². The molecule has 102 valence electrons. The zero-order valence-electron chi connectivity index (χ0n) is 11.9. The van der Waals surface area contributed by atoms with Crippen molar-refractivity contribution in [3.05, 3.63) is 17.5 Å². The Bertz CT molecular complexity index is 369. The van der Waals surface area contributed by atoms with E-state index >= 15 is 0 Å². The molecule has 0 aliphatic carbocycles. The van der Waals surface area contributed by atoms with Crippen LogP contribution in [-0.4, -0.2) is 48.0 Å². The Kier molecular flexibility index (Phi) is 4.78. The van der Waals surface area contributed by atoms with Crippen LogP contribution in [0.15, 0.2) is 6.07 Å². The molecular weight excluding hydrogens is 226 g/mol. The molecule has 0 amide bonds. The van der Waals surface area contributed by atoms with Gasteiger partial charge in [0.05, 0.1) is 12.3 Å². The molecule has 0 unspecified atom stereocenters. The highest BCUT2D eigenvalue weighted by Crippen LogP contribution is 2.13. The molecule has 1 atom stereocenters. The van der Waals surface area contributed by atoms with Gasteiger partial charge in [-0.15, -0.1) is 0 Å². The van der Waals surface area contributed by atoms with E-state index in [1.807, 2.05) is 0 Å². The van der Waals surface area contributed by atoms with Crippen LogP contribution in [0.3, 0.4) is 0 Å². The van der Waals surface area contributed by atoms with Gasteiger partial charge in [0.25, 0.3) is 0 Å². The quantitative estimate of drug-likeness (QED) is 0.773. The molecule has 1 aliphatic rings. The maximum absolute atomic E-state index is 5.41. The molecular formula is C14H25N3O. The third-order valence-corrected chi connectivity index (χ3v) is 3.61. The lowest BCUT2D eigenvalue weighted by atomic mass is 10.1. The van der Waals surface area contributed by atoms with Gasteiger partial charge in [-0.2, -0.15) is 5.10 Å². The average Bonchev–Trinajstić information content (AvgIpc) is 2.89. The normalized spacial score (nSPS) is 19.9. The van der Waals surface area contributed by atoms with Crippen LogP contribution in [0.5, 0.6) is 0 Å². The first-order chi connectivity index (χ1) is 8.65. The summed E-state index contributed by atoms with van der Waals surface area (Å²) in [7, 11) is 2.21. The Morgan fingerprint density at radius 3 is 2.94 bits per heavy atom. The lowest BCUT2D eigenvalue weighted by Crippen LogP contribution is -2.27. The SMILES string of the molecule is Cc1cc(C)n(CCCN(C)C[C@H]2CCOC2)n1. The van der Waals surface area contributed by atoms with E-state index in [4.69, 9.17) is 4.74 Å². The Balaban J connectivity index is 1.66. The van der Waals surface area contributed by atoms with Crippen molar-refractivity contribution in [2.24, 2.45) is 5.92 Å². The largest absolute Gasteiger partial charge is 0.381 e. The molecule has 2 heterocycles. The second kappa shape index (κ2) is 6.34. The highest BCUT2D eigenvalue weighted by Gasteiger charge is 2.17. The number of aryl methyl sites for hydroxylation is 3. The Labute approximate surface area is 110 Å². The summed E-state index contributed by atoms with van der Waals surface area (Å²) in [5.41, 5.74) is 2.38. The third-order valence-electron chi connectivity index (χ3n) is 3.61. The zero-order chi connectivity index (χ0) is 13.0. The summed E-state index contributed by atoms with van der Waals surface area (Å²) >= 11 is 0. The number of aromatic nitrogens is 2. The molecule has 0 N–H and O–H groups in total. The fourth-order valence-electron chi connectivity index (χ4n) is 2.65. The predicted octanol–water partition coefficient (Wildman–Crippen LogP) is 1.86. The fourth-order valence-corrected chi connectivity index (χ4v) is 2.65. The summed E-state index contributed by atoms with van der Waals surface area (Å²) in [5.74, 6) is 0.740. The second-order valence-corrected chi connectivity index (χ2v) is 5.50. The molecule has 18 heavy (non-hydrogen) atoms. The number of hydrogen-bond donors (Lipinski definition) is 0. The Hall–Kier alpha value is -0.870. The molecule has 4 nitrogen and oxygen atoms in total. The first-order valence-electron chi connectivity index (χ1n) is 6.92. The van der Waals surface area contributed by atoms with Crippen molar-refractivity contribution in [3.8, 4) is 0 Å². The number of nitrogens with zero attached hydrogens (tertiary/aromatic N) is 3. The van der Waals surface area contributed by atoms with Crippen molar-refractivity contribution < 1.29 is 4.74 Å². The molecule has 1 aromatic heterocycles. The molecule has 2 rings (SSSR count). The minimum Gasteiger partial charge on any atom is -0.381 e. The molecule has 0 saturated carbocycles. The lowest BCUT2D eigenvalue weighted by Gasteiger charge is -2.19. The zero-order valence-corrected chi connectivity index (χ0v) is 11.9. The van der Waals surface area contributed by atoms with Gasteiger partial charge in [0, 0.05) is 25.4 Å². The summed E-state index contributed by atoms with van der Waals surface area (Å²) in [4.78, 5) is 2.42. The van der Waals surface area contributed by atoms with Gasteiger partial charge in [-0.25, -0.2) is 0 Å². The van der Waals surface area contributed by atoms with E-state index in [9.17, 15) is 0 Å². The van der Waals surface area contributed by atoms with Crippen molar-refractivity contribution >= 4 is 0 Å². The van der Waals surface area contributed by atoms with Gasteiger partial charge in [0.1, 0.15) is 0 Å². The number of hydrogen-bond acceptors (Lipinski definition) is 3. The van der Waals surface area contributed by atoms with E-state index < -0.39 is 0 Å². The van der Waals surface area contributed by atoms with Crippen LogP contribution in [0.4, 0.5) is 0 Å². The van der Waals surface area contributed by atoms with Crippen LogP contribution in [0, 0.1) is 19.8 Å². The molecule has 4 heteroatoms. The minimum absolute atomic E-state index is 0.740. The van der Waals surface area contributed by atoms with Gasteiger partial charge >= 0.3 is 0 Å². The van der Waals surface area contributed by atoms with Gasteiger partial charge in [0.2, 0.25) is 0 Å².